The molecular weight excluding hydrogens is 1590 g/mol. The number of pyridine rings is 2. The molecule has 1 aromatic carbocycles. The van der Waals surface area contributed by atoms with Crippen LogP contribution in [0.15, 0.2) is 114 Å². The van der Waals surface area contributed by atoms with E-state index in [4.69, 9.17) is 52.2 Å². The van der Waals surface area contributed by atoms with Crippen molar-refractivity contribution in [2.75, 3.05) is 86.5 Å². The molecule has 4 aliphatic heterocycles. The lowest BCUT2D eigenvalue weighted by atomic mass is 9.77. The summed E-state index contributed by atoms with van der Waals surface area (Å²) in [6.07, 6.45) is 18.3. The number of unbranched alkanes of at least 4 members (excludes halogenated alkanes) is 3. The molecule has 9 aromatic heterocycles. The largest absolute Gasteiger partial charge is 0.504 e. The molecule has 21 N–H and O–H groups in total. The number of piperidine rings is 2. The Morgan fingerprint density at radius 1 is 0.733 bits per heavy atom. The number of carbonyl (C=O) groups is 1. The summed E-state index contributed by atoms with van der Waals surface area (Å²) >= 11 is 0. The number of H-pyrrole nitrogens is 1. The minimum absolute atomic E-state index is 0.0105. The molecule has 2 aliphatic carbocycles. The third kappa shape index (κ3) is 22.7. The predicted octanol–water partition coefficient (Wildman–Crippen LogP) is -1.04. The van der Waals surface area contributed by atoms with Crippen molar-refractivity contribution in [2.24, 2.45) is 5.92 Å². The minimum Gasteiger partial charge on any atom is -0.504 e. The first-order valence-corrected chi connectivity index (χ1v) is 40.6. The summed E-state index contributed by atoms with van der Waals surface area (Å²) in [6.45, 7) is 10.6. The molecule has 10 aromatic rings. The van der Waals surface area contributed by atoms with Crippen LogP contribution in [0.1, 0.15) is 112 Å². The molecule has 1 amide bonds. The number of benzene rings is 1. The van der Waals surface area contributed by atoms with Crippen LogP contribution in [-0.2, 0) is 26.0 Å². The fraction of sp³-hybridized carbons (Fsp3) is 0.500. The number of aliphatic hydroxyl groups is 11. The molecule has 120 heavy (non-hydrogen) atoms. The zero-order chi connectivity index (χ0) is 86.6. The predicted molar refractivity (Wildman–Crippen MR) is 436 cm³/mol. The SMILES string of the molecule is CCOCCCCCCN1C[C@H](O)[C@@H](O)[C@@H](O)[C@H]1C.C[C@H]1NC[C@H](O)[C@@H](O)[C@H]1O.Cc1cn(C2C=CC(CO)O2)c(=O)[nH]c1=O.Nc1ncnc2c1cnn2C1CC(O)[C@H]1CO.Nc1ncnc2c1cnn2C1CC1O.Nc1ncnc2c1ncn2/C=C\CO.O=C(NCc1ccc(F)cc1)c1nc(N2CCCCS2(=O)=O)c2cccnc2c1O. The van der Waals surface area contributed by atoms with Gasteiger partial charge in [-0.15, -0.1) is 0 Å². The summed E-state index contributed by atoms with van der Waals surface area (Å²) in [5.41, 5.74) is 19.4. The molecule has 42 nitrogen and oxygen atoms in total. The van der Waals surface area contributed by atoms with E-state index >= 15 is 0 Å². The maximum Gasteiger partial charge on any atom is 0.330 e. The Hall–Kier alpha value is -10.7. The Labute approximate surface area is 686 Å². The van der Waals surface area contributed by atoms with Crippen molar-refractivity contribution in [3.63, 3.8) is 0 Å². The number of aryl methyl sites for hydroxylation is 1. The first-order valence-electron chi connectivity index (χ1n) is 39.0. The highest BCUT2D eigenvalue weighted by atomic mass is 32.2. The van der Waals surface area contributed by atoms with Crippen LogP contribution in [0.25, 0.3) is 50.3 Å². The van der Waals surface area contributed by atoms with Gasteiger partial charge in [0.15, 0.2) is 51.8 Å². The lowest BCUT2D eigenvalue weighted by molar-refractivity contribution is -0.133. The quantitative estimate of drug-likeness (QED) is 0.0340. The van der Waals surface area contributed by atoms with Gasteiger partial charge in [0.05, 0.1) is 97.4 Å². The zero-order valence-corrected chi connectivity index (χ0v) is 67.1. The van der Waals surface area contributed by atoms with Crippen molar-refractivity contribution in [2.45, 2.75) is 171 Å². The minimum atomic E-state index is -3.59. The van der Waals surface area contributed by atoms with Crippen molar-refractivity contribution < 1.29 is 88.4 Å². The zero-order valence-electron chi connectivity index (χ0n) is 66.3. The fourth-order valence-electron chi connectivity index (χ4n) is 13.5. The van der Waals surface area contributed by atoms with E-state index in [1.807, 2.05) is 13.8 Å². The number of aromatic hydroxyl groups is 1. The van der Waals surface area contributed by atoms with E-state index in [-0.39, 0.29) is 91.9 Å². The van der Waals surface area contributed by atoms with E-state index in [2.05, 4.69) is 75.6 Å². The molecule has 0 radical (unpaired) electrons. The third-order valence-electron chi connectivity index (χ3n) is 20.8. The van der Waals surface area contributed by atoms with Gasteiger partial charge >= 0.3 is 5.69 Å². The summed E-state index contributed by atoms with van der Waals surface area (Å²) in [6, 6.07) is 8.61. The van der Waals surface area contributed by atoms with Crippen LogP contribution in [0, 0.1) is 18.7 Å². The summed E-state index contributed by atoms with van der Waals surface area (Å²) in [7, 11) is -3.59. The van der Waals surface area contributed by atoms with Crippen LogP contribution in [0.5, 0.6) is 5.75 Å². The van der Waals surface area contributed by atoms with Crippen molar-refractivity contribution >= 4 is 89.5 Å². The number of sulfonamides is 1. The van der Waals surface area contributed by atoms with E-state index in [1.165, 1.54) is 64.5 Å². The van der Waals surface area contributed by atoms with Gasteiger partial charge in [0.1, 0.15) is 66.6 Å². The highest BCUT2D eigenvalue weighted by Crippen LogP contribution is 2.41. The topological polar surface area (TPSA) is 632 Å². The Balaban J connectivity index is 0.000000151. The number of likely N-dealkylation sites (tertiary alicyclic amines) is 1. The standard InChI is InChI=1S/C20H19FN4O4S.C14H29NO4.C10H13N5O2.C10H12N2O4.2C8H9N5O.C6H13NO3/c21-14-7-5-13(6-8-14)12-23-20(27)17-18(26)16-15(4-3-9-22-16)19(24-17)25-10-1-2-11-30(25,28)29;1-3-19-9-7-5-4-6-8-15-10-12(16)14(18)13(17)11(15)2;11-9-5-2-14-15(10(5)13-4-12-9)7-1-8(17)6(7)3-16;1-6-4-12(10(15)11-9(6)14)8-3-2-7(5-13)16-8;9-7-4-2-12-13(5-1-6(5)14)8(4)11-3-10-7;9-7-6-8(11-4-10-7)13(5-12-6)2-1-3-14;1-3-5(9)6(10)4(8)2-7-3/h3-9,26H,1-2,10-12H2,(H,23,27);11-14,16-18H,3-10H2,1-2H3;2,4,6-8,16-17H,1,3H2,(H2,11,12,13);2-4,7-8,13H,5H2,1H3,(H,11,14,15);2-3,5-6,14H,1H2,(H2,9,10,11);1-2,4-5,14H,3H2,(H2,9,10,11);3-10H,2H2,1H3/b;;;;;2-1-;/t;11-,12+,13+,14-;6-,7?,8?;;;;3-,4+,5+,6-/m.10...1/s1. The summed E-state index contributed by atoms with van der Waals surface area (Å²) in [5.74, 6) is -0.470. The highest BCUT2D eigenvalue weighted by Gasteiger charge is 2.43. The van der Waals surface area contributed by atoms with Gasteiger partial charge in [-0.05, 0) is 108 Å². The van der Waals surface area contributed by atoms with Gasteiger partial charge in [0.2, 0.25) is 10.0 Å². The van der Waals surface area contributed by atoms with Gasteiger partial charge in [-0.3, -0.25) is 37.9 Å². The molecule has 15 atom stereocenters. The molecule has 6 aliphatic rings. The molecule has 650 valence electrons. The summed E-state index contributed by atoms with van der Waals surface area (Å²) < 4.78 is 56.4. The number of carbonyl (C=O) groups excluding carboxylic acids is 1. The van der Waals surface area contributed by atoms with Gasteiger partial charge < -0.3 is 98.6 Å². The monoisotopic (exact) mass is 1690 g/mol. The number of nitrogen functional groups attached to an aromatic ring is 3. The van der Waals surface area contributed by atoms with Crippen molar-refractivity contribution in [3.8, 4) is 5.75 Å². The molecule has 3 saturated heterocycles. The number of aromatic amines is 1. The summed E-state index contributed by atoms with van der Waals surface area (Å²) in [5, 5.41) is 128. The molecule has 16 rings (SSSR count). The number of rotatable bonds is 19. The number of aromatic nitrogens is 16. The lowest BCUT2D eigenvalue weighted by Crippen LogP contribution is -2.60. The van der Waals surface area contributed by atoms with Crippen LogP contribution >= 0.6 is 0 Å². The first kappa shape index (κ1) is 91.6. The normalized spacial score (nSPS) is 24.7. The Kier molecular flexibility index (Phi) is 32.5. The fourth-order valence-corrected chi connectivity index (χ4v) is 15.1. The third-order valence-corrected chi connectivity index (χ3v) is 22.6. The van der Waals surface area contributed by atoms with E-state index in [0.717, 1.165) is 57.2 Å². The van der Waals surface area contributed by atoms with Gasteiger partial charge in [0, 0.05) is 93.4 Å². The van der Waals surface area contributed by atoms with E-state index in [0.29, 0.717) is 94.2 Å². The number of halogens is 1. The Morgan fingerprint density at radius 3 is 1.99 bits per heavy atom. The molecule has 5 fully saturated rings. The van der Waals surface area contributed by atoms with Gasteiger partial charge in [-0.25, -0.2) is 66.8 Å². The smallest absolute Gasteiger partial charge is 0.330 e. The second kappa shape index (κ2) is 42.5. The number of nitrogens with zero attached hydrogens (tertiary/aromatic N) is 17. The summed E-state index contributed by atoms with van der Waals surface area (Å²) in [4.78, 5) is 75.9. The maximum absolute atomic E-state index is 13.0. The Bertz CT molecular complexity index is 5320. The van der Waals surface area contributed by atoms with Crippen LogP contribution in [0.3, 0.4) is 0 Å². The number of hydrogen-bond donors (Lipinski definition) is 18. The molecule has 44 heteroatoms. The van der Waals surface area contributed by atoms with Crippen LogP contribution in [0.2, 0.25) is 0 Å². The number of nitrogens with one attached hydrogen (secondary N) is 3. The van der Waals surface area contributed by atoms with Crippen LogP contribution in [-0.4, -0.2) is 291 Å². The van der Waals surface area contributed by atoms with E-state index in [1.54, 1.807) is 83.1 Å². The lowest BCUT2D eigenvalue weighted by Gasteiger charge is -2.42. The van der Waals surface area contributed by atoms with E-state index < -0.39 is 93.8 Å². The molecular formula is C76H104FN23O19S. The Morgan fingerprint density at radius 2 is 1.38 bits per heavy atom. The number of aliphatic hydroxyl groups excluding tert-OH is 11. The van der Waals surface area contributed by atoms with Crippen molar-refractivity contribution in [1.29, 1.82) is 0 Å². The number of hydrogen-bond acceptors (Lipinski definition) is 35. The van der Waals surface area contributed by atoms with Crippen molar-refractivity contribution in [1.82, 2.24) is 94.1 Å². The first-order chi connectivity index (χ1) is 57.5. The number of ether oxygens (including phenoxy) is 2. The number of nitrogens with two attached hydrogens (primary N) is 3. The number of amides is 1. The second-order valence-electron chi connectivity index (χ2n) is 29.1. The van der Waals surface area contributed by atoms with Crippen LogP contribution < -0.4 is 43.4 Å². The maximum atomic E-state index is 13.0. The number of anilines is 4. The van der Waals surface area contributed by atoms with Crippen molar-refractivity contribution in [3.05, 3.63) is 148 Å². The average molecular weight is 1690 g/mol. The average Bonchev–Trinajstić information content (AvgIpc) is 1.74. The van der Waals surface area contributed by atoms with Gasteiger partial charge in [0.25, 0.3) is 11.5 Å². The van der Waals surface area contributed by atoms with Gasteiger partial charge in [-0.1, -0.05) is 31.1 Å². The number of β-amino-alcohol motifs (C(OH)–C–C–N with tert-alkyl or cyclic N) is 2. The molecule has 0 bridgehead atoms. The number of fused-ring (bicyclic) bond motifs is 4. The van der Waals surface area contributed by atoms with Crippen LogP contribution in [0.4, 0.5) is 27.7 Å². The molecule has 0 spiro atoms. The highest BCUT2D eigenvalue weighted by molar-refractivity contribution is 7.92. The van der Waals surface area contributed by atoms with Gasteiger partial charge in [-0.2, -0.15) is 10.2 Å². The van der Waals surface area contributed by atoms with E-state index in [9.17, 15) is 62.9 Å². The molecule has 2 saturated carbocycles. The molecule has 6 unspecified atom stereocenters. The number of imidazole rings is 1. The second-order valence-corrected chi connectivity index (χ2v) is 31.1. The molecule has 13 heterocycles.